The van der Waals surface area contributed by atoms with E-state index in [-0.39, 0.29) is 5.91 Å². The zero-order chi connectivity index (χ0) is 13.5. The van der Waals surface area contributed by atoms with Crippen LogP contribution in [0.3, 0.4) is 0 Å². The second-order valence-electron chi connectivity index (χ2n) is 4.24. The molecule has 0 bridgehead atoms. The lowest BCUT2D eigenvalue weighted by atomic mass is 10.2. The molecule has 0 unspecified atom stereocenters. The third-order valence-electron chi connectivity index (χ3n) is 2.67. The molecule has 0 aliphatic rings. The normalized spacial score (nSPS) is 10.4. The SMILES string of the molecule is CN(Cc1ccc(Cl)c(Cl)c1)C(=O)CCCCN. The van der Waals surface area contributed by atoms with Crippen molar-refractivity contribution in [3.05, 3.63) is 33.8 Å². The lowest BCUT2D eigenvalue weighted by Gasteiger charge is -2.17. The van der Waals surface area contributed by atoms with Gasteiger partial charge in [-0.05, 0) is 37.1 Å². The number of amides is 1. The summed E-state index contributed by atoms with van der Waals surface area (Å²) in [6.45, 7) is 1.17. The van der Waals surface area contributed by atoms with E-state index in [2.05, 4.69) is 0 Å². The molecular formula is C13H18Cl2N2O. The van der Waals surface area contributed by atoms with Crippen molar-refractivity contribution in [2.75, 3.05) is 13.6 Å². The number of unbranched alkanes of at least 4 members (excludes halogenated alkanes) is 1. The fraction of sp³-hybridized carbons (Fsp3) is 0.462. The number of hydrogen-bond donors (Lipinski definition) is 1. The van der Waals surface area contributed by atoms with Gasteiger partial charge in [-0.25, -0.2) is 0 Å². The van der Waals surface area contributed by atoms with Crippen LogP contribution >= 0.6 is 23.2 Å². The molecule has 1 amide bonds. The first-order chi connectivity index (χ1) is 8.54. The van der Waals surface area contributed by atoms with Gasteiger partial charge in [0.1, 0.15) is 0 Å². The molecule has 0 aliphatic carbocycles. The summed E-state index contributed by atoms with van der Waals surface area (Å²) in [5.41, 5.74) is 6.36. The van der Waals surface area contributed by atoms with Crippen LogP contribution in [0.5, 0.6) is 0 Å². The quantitative estimate of drug-likeness (QED) is 0.818. The molecule has 5 heteroatoms. The molecule has 0 spiro atoms. The van der Waals surface area contributed by atoms with E-state index in [1.54, 1.807) is 24.1 Å². The molecule has 1 aromatic carbocycles. The van der Waals surface area contributed by atoms with Crippen LogP contribution in [0.25, 0.3) is 0 Å². The molecule has 0 aromatic heterocycles. The molecule has 1 rings (SSSR count). The van der Waals surface area contributed by atoms with Crippen LogP contribution in [-0.4, -0.2) is 24.4 Å². The number of benzene rings is 1. The molecule has 3 nitrogen and oxygen atoms in total. The standard InChI is InChI=1S/C13H18Cl2N2O/c1-17(13(18)4-2-3-7-16)9-10-5-6-11(14)12(15)8-10/h5-6,8H,2-4,7,9,16H2,1H3. The Labute approximate surface area is 118 Å². The van der Waals surface area contributed by atoms with Crippen LogP contribution in [-0.2, 0) is 11.3 Å². The largest absolute Gasteiger partial charge is 0.341 e. The van der Waals surface area contributed by atoms with E-state index in [9.17, 15) is 4.79 Å². The molecule has 0 aliphatic heterocycles. The van der Waals surface area contributed by atoms with Crippen molar-refractivity contribution in [1.82, 2.24) is 4.90 Å². The van der Waals surface area contributed by atoms with Gasteiger partial charge in [0, 0.05) is 20.0 Å². The summed E-state index contributed by atoms with van der Waals surface area (Å²) in [5.74, 6) is 0.120. The van der Waals surface area contributed by atoms with Crippen LogP contribution in [0.4, 0.5) is 0 Å². The van der Waals surface area contributed by atoms with Crippen LogP contribution in [0.15, 0.2) is 18.2 Å². The van der Waals surface area contributed by atoms with Gasteiger partial charge in [0.15, 0.2) is 0 Å². The summed E-state index contributed by atoms with van der Waals surface area (Å²) in [6.07, 6.45) is 2.25. The molecule has 0 atom stereocenters. The first kappa shape index (κ1) is 15.3. The molecule has 0 heterocycles. The van der Waals surface area contributed by atoms with Crippen LogP contribution in [0.1, 0.15) is 24.8 Å². The van der Waals surface area contributed by atoms with Crippen molar-refractivity contribution in [1.29, 1.82) is 0 Å². The van der Waals surface area contributed by atoms with E-state index in [1.165, 1.54) is 0 Å². The second-order valence-corrected chi connectivity index (χ2v) is 5.06. The first-order valence-corrected chi connectivity index (χ1v) is 6.68. The smallest absolute Gasteiger partial charge is 0.222 e. The first-order valence-electron chi connectivity index (χ1n) is 5.92. The van der Waals surface area contributed by atoms with E-state index in [1.807, 2.05) is 6.07 Å². The molecule has 18 heavy (non-hydrogen) atoms. The fourth-order valence-corrected chi connectivity index (χ4v) is 1.93. The molecule has 0 fully saturated rings. The van der Waals surface area contributed by atoms with Crippen LogP contribution in [0, 0.1) is 0 Å². The van der Waals surface area contributed by atoms with Crippen molar-refractivity contribution >= 4 is 29.1 Å². The Balaban J connectivity index is 2.50. The van der Waals surface area contributed by atoms with Crippen LogP contribution in [0.2, 0.25) is 10.0 Å². The van der Waals surface area contributed by atoms with Gasteiger partial charge in [0.25, 0.3) is 0 Å². The highest BCUT2D eigenvalue weighted by Crippen LogP contribution is 2.23. The Morgan fingerprint density at radius 2 is 2.00 bits per heavy atom. The number of nitrogens with two attached hydrogens (primary N) is 1. The Kier molecular flexibility index (Phi) is 6.47. The van der Waals surface area contributed by atoms with Gasteiger partial charge in [-0.15, -0.1) is 0 Å². The highest BCUT2D eigenvalue weighted by Gasteiger charge is 2.09. The monoisotopic (exact) mass is 288 g/mol. The minimum Gasteiger partial charge on any atom is -0.341 e. The maximum atomic E-state index is 11.8. The van der Waals surface area contributed by atoms with E-state index >= 15 is 0 Å². The maximum Gasteiger partial charge on any atom is 0.222 e. The highest BCUT2D eigenvalue weighted by molar-refractivity contribution is 6.42. The Morgan fingerprint density at radius 3 is 2.61 bits per heavy atom. The molecule has 0 saturated carbocycles. The highest BCUT2D eigenvalue weighted by atomic mass is 35.5. The second kappa shape index (κ2) is 7.62. The van der Waals surface area contributed by atoms with Gasteiger partial charge < -0.3 is 10.6 Å². The molecule has 100 valence electrons. The van der Waals surface area contributed by atoms with Crippen LogP contribution < -0.4 is 5.73 Å². The zero-order valence-electron chi connectivity index (χ0n) is 10.5. The number of nitrogens with zero attached hydrogens (tertiary/aromatic N) is 1. The minimum absolute atomic E-state index is 0.120. The lowest BCUT2D eigenvalue weighted by molar-refractivity contribution is -0.130. The topological polar surface area (TPSA) is 46.3 Å². The van der Waals surface area contributed by atoms with Gasteiger partial charge in [0.05, 0.1) is 10.0 Å². The summed E-state index contributed by atoms with van der Waals surface area (Å²) in [4.78, 5) is 13.5. The average Bonchev–Trinajstić information content (AvgIpc) is 2.34. The molecule has 0 saturated heterocycles. The van der Waals surface area contributed by atoms with E-state index in [0.29, 0.717) is 29.6 Å². The van der Waals surface area contributed by atoms with Gasteiger partial charge in [-0.1, -0.05) is 29.3 Å². The van der Waals surface area contributed by atoms with Crippen molar-refractivity contribution in [3.8, 4) is 0 Å². The van der Waals surface area contributed by atoms with Gasteiger partial charge in [-0.3, -0.25) is 4.79 Å². The van der Waals surface area contributed by atoms with Crippen molar-refractivity contribution < 1.29 is 4.79 Å². The lowest BCUT2D eigenvalue weighted by Crippen LogP contribution is -2.26. The van der Waals surface area contributed by atoms with E-state index < -0.39 is 0 Å². The van der Waals surface area contributed by atoms with Gasteiger partial charge in [0.2, 0.25) is 5.91 Å². The summed E-state index contributed by atoms with van der Waals surface area (Å²) in [5, 5.41) is 1.04. The number of carbonyl (C=O) groups excluding carboxylic acids is 1. The Hall–Kier alpha value is -0.770. The van der Waals surface area contributed by atoms with Crippen molar-refractivity contribution in [3.63, 3.8) is 0 Å². The van der Waals surface area contributed by atoms with Crippen molar-refractivity contribution in [2.24, 2.45) is 5.73 Å². The number of rotatable bonds is 6. The molecule has 0 radical (unpaired) electrons. The predicted molar refractivity (Wildman–Crippen MR) is 75.8 cm³/mol. The average molecular weight is 289 g/mol. The zero-order valence-corrected chi connectivity index (χ0v) is 12.0. The summed E-state index contributed by atoms with van der Waals surface area (Å²) >= 11 is 11.8. The number of halogens is 2. The van der Waals surface area contributed by atoms with Gasteiger partial charge >= 0.3 is 0 Å². The van der Waals surface area contributed by atoms with Gasteiger partial charge in [-0.2, -0.15) is 0 Å². The summed E-state index contributed by atoms with van der Waals surface area (Å²) in [6, 6.07) is 5.40. The minimum atomic E-state index is 0.120. The molecular weight excluding hydrogens is 271 g/mol. The third-order valence-corrected chi connectivity index (χ3v) is 3.41. The Bertz CT molecular complexity index is 410. The molecule has 1 aromatic rings. The Morgan fingerprint density at radius 1 is 1.28 bits per heavy atom. The van der Waals surface area contributed by atoms with E-state index in [0.717, 1.165) is 18.4 Å². The maximum absolute atomic E-state index is 11.8. The fourth-order valence-electron chi connectivity index (χ4n) is 1.61. The predicted octanol–water partition coefficient (Wildman–Crippen LogP) is 3.08. The number of hydrogen-bond acceptors (Lipinski definition) is 2. The summed E-state index contributed by atoms with van der Waals surface area (Å²) < 4.78 is 0. The van der Waals surface area contributed by atoms with Crippen molar-refractivity contribution in [2.45, 2.75) is 25.8 Å². The summed E-state index contributed by atoms with van der Waals surface area (Å²) in [7, 11) is 1.79. The number of carbonyl (C=O) groups is 1. The third kappa shape index (κ3) is 4.84. The van der Waals surface area contributed by atoms with E-state index in [4.69, 9.17) is 28.9 Å². The molecule has 2 N–H and O–H groups in total.